The number of hydrogen-bond donors (Lipinski definition) is 1. The number of halogens is 3. The van der Waals surface area contributed by atoms with Crippen molar-refractivity contribution in [1.82, 2.24) is 19.1 Å². The van der Waals surface area contributed by atoms with Crippen molar-refractivity contribution in [2.24, 2.45) is 0 Å². The number of benzene rings is 2. The number of para-hydroxylation sites is 1. The van der Waals surface area contributed by atoms with Gasteiger partial charge in [-0.05, 0) is 29.8 Å². The van der Waals surface area contributed by atoms with Crippen LogP contribution < -0.4 is 16.0 Å². The molecule has 0 saturated heterocycles. The van der Waals surface area contributed by atoms with Crippen molar-refractivity contribution < 1.29 is 17.9 Å². The van der Waals surface area contributed by atoms with Crippen molar-refractivity contribution in [3.05, 3.63) is 86.8 Å². The molecule has 2 aromatic heterocycles. The van der Waals surface area contributed by atoms with E-state index in [1.807, 2.05) is 0 Å². The number of fused-ring (bicyclic) bond motifs is 1. The van der Waals surface area contributed by atoms with Gasteiger partial charge in [0.2, 0.25) is 0 Å². The molecule has 0 aliphatic carbocycles. The predicted molar refractivity (Wildman–Crippen MR) is 103 cm³/mol. The van der Waals surface area contributed by atoms with E-state index in [4.69, 9.17) is 4.74 Å². The molecule has 30 heavy (non-hydrogen) atoms. The lowest BCUT2D eigenvalue weighted by atomic mass is 10.1. The first kappa shape index (κ1) is 19.5. The molecule has 4 aromatic rings. The van der Waals surface area contributed by atoms with Crippen LogP contribution in [0.1, 0.15) is 11.1 Å². The van der Waals surface area contributed by atoms with Crippen molar-refractivity contribution in [2.75, 3.05) is 7.11 Å². The molecule has 10 heteroatoms. The summed E-state index contributed by atoms with van der Waals surface area (Å²) in [6.45, 7) is -0.134. The quantitative estimate of drug-likeness (QED) is 0.555. The van der Waals surface area contributed by atoms with E-state index in [0.29, 0.717) is 11.3 Å². The number of hydrogen-bond acceptors (Lipinski definition) is 4. The van der Waals surface area contributed by atoms with E-state index in [1.165, 1.54) is 25.3 Å². The Morgan fingerprint density at radius 3 is 2.43 bits per heavy atom. The Labute approximate surface area is 167 Å². The number of nitrogens with zero attached hydrogens (tertiary/aromatic N) is 3. The number of nitrogens with one attached hydrogen (secondary N) is 1. The molecule has 0 atom stereocenters. The van der Waals surface area contributed by atoms with Crippen LogP contribution in [0.5, 0.6) is 5.75 Å². The average molecular weight is 416 g/mol. The number of rotatable bonds is 4. The third kappa shape index (κ3) is 3.25. The van der Waals surface area contributed by atoms with Gasteiger partial charge in [-0.2, -0.15) is 13.2 Å². The molecule has 0 radical (unpaired) electrons. The molecular weight excluding hydrogens is 401 g/mol. The van der Waals surface area contributed by atoms with Crippen LogP contribution in [0.4, 0.5) is 13.2 Å². The van der Waals surface area contributed by atoms with E-state index in [2.05, 4.69) is 9.97 Å². The number of aromatic nitrogens is 4. The lowest BCUT2D eigenvalue weighted by Gasteiger charge is -2.16. The van der Waals surface area contributed by atoms with Crippen molar-refractivity contribution >= 4 is 11.2 Å². The molecule has 154 valence electrons. The second-order valence-electron chi connectivity index (χ2n) is 6.47. The highest BCUT2D eigenvalue weighted by Gasteiger charge is 2.34. The van der Waals surface area contributed by atoms with Crippen molar-refractivity contribution in [1.29, 1.82) is 0 Å². The van der Waals surface area contributed by atoms with E-state index in [0.717, 1.165) is 21.5 Å². The molecule has 0 unspecified atom stereocenters. The van der Waals surface area contributed by atoms with Gasteiger partial charge >= 0.3 is 11.9 Å². The van der Waals surface area contributed by atoms with E-state index in [1.54, 1.807) is 24.3 Å². The Kier molecular flexibility index (Phi) is 4.69. The maximum atomic E-state index is 13.6. The minimum absolute atomic E-state index is 0.0694. The molecule has 7 nitrogen and oxygen atoms in total. The summed E-state index contributed by atoms with van der Waals surface area (Å²) in [5.74, 6) is 0.589. The summed E-state index contributed by atoms with van der Waals surface area (Å²) in [4.78, 5) is 32.6. The number of methoxy groups -OCH3 is 1. The van der Waals surface area contributed by atoms with E-state index >= 15 is 0 Å². The lowest BCUT2D eigenvalue weighted by Crippen LogP contribution is -2.40. The number of ether oxygens (including phenoxy) is 1. The fraction of sp³-hybridized carbons (Fsp3) is 0.150. The molecule has 1 N–H and O–H groups in total. The molecule has 0 amide bonds. The Morgan fingerprint density at radius 2 is 1.77 bits per heavy atom. The van der Waals surface area contributed by atoms with Crippen LogP contribution in [0.25, 0.3) is 16.9 Å². The van der Waals surface area contributed by atoms with Crippen LogP contribution in [0, 0.1) is 0 Å². The zero-order valence-corrected chi connectivity index (χ0v) is 15.6. The molecule has 2 aromatic carbocycles. The normalized spacial score (nSPS) is 11.7. The van der Waals surface area contributed by atoms with Crippen LogP contribution in [0.2, 0.25) is 0 Å². The lowest BCUT2D eigenvalue weighted by molar-refractivity contribution is -0.137. The van der Waals surface area contributed by atoms with E-state index < -0.39 is 28.7 Å². The van der Waals surface area contributed by atoms with Gasteiger partial charge in [-0.15, -0.1) is 0 Å². The summed E-state index contributed by atoms with van der Waals surface area (Å²) in [7, 11) is 1.50. The van der Waals surface area contributed by atoms with Gasteiger partial charge in [0.15, 0.2) is 5.65 Å². The number of alkyl halides is 3. The van der Waals surface area contributed by atoms with Gasteiger partial charge in [0.1, 0.15) is 11.3 Å². The van der Waals surface area contributed by atoms with Crippen LogP contribution in [0.15, 0.2) is 64.4 Å². The minimum Gasteiger partial charge on any atom is -0.497 e. The maximum Gasteiger partial charge on any atom is 0.418 e. The summed E-state index contributed by atoms with van der Waals surface area (Å²) in [6.07, 6.45) is -3.54. The third-order valence-electron chi connectivity index (χ3n) is 4.66. The summed E-state index contributed by atoms with van der Waals surface area (Å²) >= 11 is 0. The average Bonchev–Trinajstić information content (AvgIpc) is 3.21. The smallest absolute Gasteiger partial charge is 0.418 e. The summed E-state index contributed by atoms with van der Waals surface area (Å²) < 4.78 is 47.5. The standard InChI is InChI=1S/C20H15F3N4O3/c1-30-13-8-6-12(7-9-13)10-26-18(28)16-17(25-11-24-16)27(19(26)29)15-5-3-2-4-14(15)20(21,22)23/h2-9,11H,10H2,1H3,(H,24,25). The highest BCUT2D eigenvalue weighted by molar-refractivity contribution is 5.72. The Bertz CT molecular complexity index is 1330. The molecular formula is C20H15F3N4O3. The molecule has 2 heterocycles. The largest absolute Gasteiger partial charge is 0.497 e. The summed E-state index contributed by atoms with van der Waals surface area (Å²) in [5, 5.41) is 0. The second kappa shape index (κ2) is 7.21. The fourth-order valence-corrected chi connectivity index (χ4v) is 3.23. The SMILES string of the molecule is COc1ccc(Cn2c(=O)c3[nH]cnc3n(-c3ccccc3C(F)(F)F)c2=O)cc1. The first-order valence-electron chi connectivity index (χ1n) is 8.79. The van der Waals surface area contributed by atoms with Crippen molar-refractivity contribution in [3.63, 3.8) is 0 Å². The molecule has 0 aliphatic heterocycles. The second-order valence-corrected chi connectivity index (χ2v) is 6.47. The first-order valence-corrected chi connectivity index (χ1v) is 8.79. The summed E-state index contributed by atoms with van der Waals surface area (Å²) in [6, 6.07) is 11.3. The van der Waals surface area contributed by atoms with Gasteiger partial charge < -0.3 is 9.72 Å². The van der Waals surface area contributed by atoms with Crippen LogP contribution in [0.3, 0.4) is 0 Å². The van der Waals surface area contributed by atoms with Gasteiger partial charge in [0.25, 0.3) is 5.56 Å². The zero-order valence-electron chi connectivity index (χ0n) is 15.6. The zero-order chi connectivity index (χ0) is 21.5. The van der Waals surface area contributed by atoms with E-state index in [-0.39, 0.29) is 17.7 Å². The first-order chi connectivity index (χ1) is 14.3. The Balaban J connectivity index is 1.97. The fourth-order valence-electron chi connectivity index (χ4n) is 3.23. The molecule has 4 rings (SSSR count). The van der Waals surface area contributed by atoms with Crippen molar-refractivity contribution in [3.8, 4) is 11.4 Å². The summed E-state index contributed by atoms with van der Waals surface area (Å²) in [5.41, 5.74) is -2.66. The minimum atomic E-state index is -4.70. The Hall–Kier alpha value is -3.82. The Morgan fingerprint density at radius 1 is 1.07 bits per heavy atom. The predicted octanol–water partition coefficient (Wildman–Crippen LogP) is 2.95. The highest BCUT2D eigenvalue weighted by Crippen LogP contribution is 2.33. The highest BCUT2D eigenvalue weighted by atomic mass is 19.4. The molecule has 0 spiro atoms. The number of H-pyrrole nitrogens is 1. The topological polar surface area (TPSA) is 81.9 Å². The molecule has 0 bridgehead atoms. The number of imidazole rings is 1. The number of aromatic amines is 1. The maximum absolute atomic E-state index is 13.6. The molecule has 0 saturated carbocycles. The third-order valence-corrected chi connectivity index (χ3v) is 4.66. The molecule has 0 aliphatic rings. The van der Waals surface area contributed by atoms with E-state index in [9.17, 15) is 22.8 Å². The van der Waals surface area contributed by atoms with Crippen LogP contribution >= 0.6 is 0 Å². The van der Waals surface area contributed by atoms with Crippen LogP contribution in [-0.2, 0) is 12.7 Å². The van der Waals surface area contributed by atoms with Gasteiger partial charge in [0.05, 0.1) is 31.2 Å². The van der Waals surface area contributed by atoms with Crippen molar-refractivity contribution in [2.45, 2.75) is 12.7 Å². The van der Waals surface area contributed by atoms with Gasteiger partial charge in [0, 0.05) is 0 Å². The van der Waals surface area contributed by atoms with Gasteiger partial charge in [-0.3, -0.25) is 9.36 Å². The van der Waals surface area contributed by atoms with Crippen LogP contribution in [-0.4, -0.2) is 26.2 Å². The molecule has 0 fully saturated rings. The van der Waals surface area contributed by atoms with Gasteiger partial charge in [-0.25, -0.2) is 14.3 Å². The van der Waals surface area contributed by atoms with Gasteiger partial charge in [-0.1, -0.05) is 24.3 Å². The monoisotopic (exact) mass is 416 g/mol.